The first-order chi connectivity index (χ1) is 12.4. The van der Waals surface area contributed by atoms with E-state index in [-0.39, 0.29) is 29.9 Å². The molecular formula is C21H28N2O3. The predicted octanol–water partition coefficient (Wildman–Crippen LogP) is 2.76. The van der Waals surface area contributed by atoms with Gasteiger partial charge in [0.1, 0.15) is 0 Å². The lowest BCUT2D eigenvalue weighted by atomic mass is 9.82. The van der Waals surface area contributed by atoms with Crippen LogP contribution in [0.5, 0.6) is 0 Å². The van der Waals surface area contributed by atoms with Crippen LogP contribution >= 0.6 is 0 Å². The van der Waals surface area contributed by atoms with Crippen LogP contribution in [-0.4, -0.2) is 47.6 Å². The fourth-order valence-electron chi connectivity index (χ4n) is 4.46. The first kappa shape index (κ1) is 18.6. The van der Waals surface area contributed by atoms with Crippen LogP contribution in [0.25, 0.3) is 6.08 Å². The number of rotatable bonds is 4. The minimum absolute atomic E-state index is 0.00504. The van der Waals surface area contributed by atoms with E-state index in [1.54, 1.807) is 13.1 Å². The molecule has 1 spiro atoms. The molecule has 3 rings (SSSR count). The molecule has 0 aliphatic carbocycles. The molecule has 0 radical (unpaired) electrons. The maximum atomic E-state index is 13.0. The quantitative estimate of drug-likeness (QED) is 0.844. The van der Waals surface area contributed by atoms with Gasteiger partial charge in [0.2, 0.25) is 11.8 Å². The molecule has 140 valence electrons. The van der Waals surface area contributed by atoms with Crippen molar-refractivity contribution in [2.24, 2.45) is 0 Å². The summed E-state index contributed by atoms with van der Waals surface area (Å²) in [6, 6.07) is 9.80. The number of hydrogen-bond donors (Lipinski definition) is 1. The average Bonchev–Trinajstić information content (AvgIpc) is 3.14. The largest absolute Gasteiger partial charge is 0.369 e. The van der Waals surface area contributed by atoms with Crippen molar-refractivity contribution in [1.29, 1.82) is 0 Å². The van der Waals surface area contributed by atoms with Crippen LogP contribution in [0, 0.1) is 0 Å². The number of hydrogen-bond acceptors (Lipinski definition) is 3. The molecule has 2 fully saturated rings. The summed E-state index contributed by atoms with van der Waals surface area (Å²) >= 11 is 0. The van der Waals surface area contributed by atoms with Crippen molar-refractivity contribution in [3.8, 4) is 0 Å². The van der Waals surface area contributed by atoms with Gasteiger partial charge in [-0.2, -0.15) is 0 Å². The molecule has 0 aromatic heterocycles. The number of nitrogens with one attached hydrogen (secondary N) is 1. The zero-order chi connectivity index (χ0) is 18.8. The highest BCUT2D eigenvalue weighted by molar-refractivity contribution is 5.92. The van der Waals surface area contributed by atoms with Crippen LogP contribution < -0.4 is 5.32 Å². The second-order valence-electron chi connectivity index (χ2n) is 7.86. The van der Waals surface area contributed by atoms with Gasteiger partial charge in [-0.15, -0.1) is 0 Å². The third kappa shape index (κ3) is 3.68. The third-order valence-electron chi connectivity index (χ3n) is 5.46. The van der Waals surface area contributed by atoms with E-state index >= 15 is 0 Å². The first-order valence-electron chi connectivity index (χ1n) is 9.29. The highest BCUT2D eigenvalue weighted by Crippen LogP contribution is 2.48. The smallest absolute Gasteiger partial charge is 0.247 e. The number of carbonyl (C=O) groups is 2. The van der Waals surface area contributed by atoms with E-state index in [9.17, 15) is 9.59 Å². The van der Waals surface area contributed by atoms with E-state index in [1.165, 1.54) is 0 Å². The fourth-order valence-corrected chi connectivity index (χ4v) is 4.46. The first-order valence-corrected chi connectivity index (χ1v) is 9.29. The predicted molar refractivity (Wildman–Crippen MR) is 101 cm³/mol. The minimum atomic E-state index is -0.395. The average molecular weight is 356 g/mol. The Bertz CT molecular complexity index is 698. The monoisotopic (exact) mass is 356 g/mol. The van der Waals surface area contributed by atoms with Crippen LogP contribution in [-0.2, 0) is 14.3 Å². The second kappa shape index (κ2) is 7.23. The summed E-state index contributed by atoms with van der Waals surface area (Å²) in [4.78, 5) is 26.9. The summed E-state index contributed by atoms with van der Waals surface area (Å²) in [5.74, 6) is -0.0549. The molecule has 5 heteroatoms. The van der Waals surface area contributed by atoms with E-state index in [0.29, 0.717) is 6.54 Å². The van der Waals surface area contributed by atoms with Gasteiger partial charge in [0.15, 0.2) is 0 Å². The van der Waals surface area contributed by atoms with Gasteiger partial charge in [0, 0.05) is 26.1 Å². The number of benzene rings is 1. The Morgan fingerprint density at radius 3 is 2.73 bits per heavy atom. The Labute approximate surface area is 155 Å². The van der Waals surface area contributed by atoms with Gasteiger partial charge in [0.25, 0.3) is 0 Å². The molecule has 1 N–H and O–H groups in total. The van der Waals surface area contributed by atoms with E-state index < -0.39 is 5.54 Å². The van der Waals surface area contributed by atoms with Gasteiger partial charge < -0.3 is 15.0 Å². The lowest BCUT2D eigenvalue weighted by Crippen LogP contribution is -2.53. The van der Waals surface area contributed by atoms with E-state index in [0.717, 1.165) is 24.8 Å². The van der Waals surface area contributed by atoms with Crippen molar-refractivity contribution in [1.82, 2.24) is 10.2 Å². The molecule has 2 amide bonds. The topological polar surface area (TPSA) is 58.6 Å². The standard InChI is InChI=1S/C21H28N2O3/c1-20(2)15-21(17(26-20)14-18(24)22-3)12-7-13-23(21)19(25)11-10-16-8-5-4-6-9-16/h4-6,8-11,17H,7,12-15H2,1-3H3,(H,22,24)/b11-10+/t17-,21+/m0/s1. The van der Waals surface area contributed by atoms with Crippen LogP contribution in [0.2, 0.25) is 0 Å². The van der Waals surface area contributed by atoms with Crippen molar-refractivity contribution in [3.63, 3.8) is 0 Å². The Balaban J connectivity index is 1.83. The van der Waals surface area contributed by atoms with Crippen molar-refractivity contribution in [2.45, 2.75) is 56.8 Å². The zero-order valence-electron chi connectivity index (χ0n) is 15.8. The van der Waals surface area contributed by atoms with E-state index in [2.05, 4.69) is 5.32 Å². The maximum absolute atomic E-state index is 13.0. The Morgan fingerprint density at radius 1 is 1.31 bits per heavy atom. The highest BCUT2D eigenvalue weighted by Gasteiger charge is 2.58. The molecular weight excluding hydrogens is 328 g/mol. The lowest BCUT2D eigenvalue weighted by Gasteiger charge is -2.38. The van der Waals surface area contributed by atoms with Crippen molar-refractivity contribution >= 4 is 17.9 Å². The van der Waals surface area contributed by atoms with Crippen LogP contribution in [0.15, 0.2) is 36.4 Å². The third-order valence-corrected chi connectivity index (χ3v) is 5.46. The number of amides is 2. The maximum Gasteiger partial charge on any atom is 0.247 e. The van der Waals surface area contributed by atoms with Crippen LogP contribution in [0.4, 0.5) is 0 Å². The van der Waals surface area contributed by atoms with E-state index in [1.807, 2.05) is 55.2 Å². The number of carbonyl (C=O) groups excluding carboxylic acids is 2. The Kier molecular flexibility index (Phi) is 5.19. The van der Waals surface area contributed by atoms with Gasteiger partial charge >= 0.3 is 0 Å². The summed E-state index contributed by atoms with van der Waals surface area (Å²) in [5.41, 5.74) is 0.262. The van der Waals surface area contributed by atoms with Gasteiger partial charge in [0.05, 0.1) is 23.7 Å². The molecule has 2 heterocycles. The number of likely N-dealkylation sites (tertiary alicyclic amines) is 1. The molecule has 2 aliphatic heterocycles. The summed E-state index contributed by atoms with van der Waals surface area (Å²) in [6.07, 6.45) is 6.08. The van der Waals surface area contributed by atoms with Gasteiger partial charge in [-0.05, 0) is 38.3 Å². The fraction of sp³-hybridized carbons (Fsp3) is 0.524. The molecule has 5 nitrogen and oxygen atoms in total. The van der Waals surface area contributed by atoms with Crippen LogP contribution in [0.1, 0.15) is 45.1 Å². The number of ether oxygens (including phenoxy) is 1. The van der Waals surface area contributed by atoms with Crippen molar-refractivity contribution in [3.05, 3.63) is 42.0 Å². The molecule has 1 aromatic rings. The van der Waals surface area contributed by atoms with Gasteiger partial charge in [-0.25, -0.2) is 0 Å². The summed E-state index contributed by atoms with van der Waals surface area (Å²) in [5, 5.41) is 2.68. The van der Waals surface area contributed by atoms with Gasteiger partial charge in [-0.1, -0.05) is 30.3 Å². The minimum Gasteiger partial charge on any atom is -0.369 e. The SMILES string of the molecule is CNC(=O)C[C@@H]1OC(C)(C)C[C@]12CCCN2C(=O)/C=C/c1ccccc1. The zero-order valence-corrected chi connectivity index (χ0v) is 15.8. The normalized spacial score (nSPS) is 27.3. The molecule has 1 aromatic carbocycles. The lowest BCUT2D eigenvalue weighted by molar-refractivity contribution is -0.136. The Hall–Kier alpha value is -2.14. The second-order valence-corrected chi connectivity index (χ2v) is 7.86. The van der Waals surface area contributed by atoms with Gasteiger partial charge in [-0.3, -0.25) is 9.59 Å². The summed E-state index contributed by atoms with van der Waals surface area (Å²) < 4.78 is 6.22. The number of nitrogens with zero attached hydrogens (tertiary/aromatic N) is 1. The molecule has 2 saturated heterocycles. The van der Waals surface area contributed by atoms with Crippen LogP contribution in [0.3, 0.4) is 0 Å². The highest BCUT2D eigenvalue weighted by atomic mass is 16.5. The molecule has 26 heavy (non-hydrogen) atoms. The molecule has 0 bridgehead atoms. The Morgan fingerprint density at radius 2 is 2.04 bits per heavy atom. The summed E-state index contributed by atoms with van der Waals surface area (Å²) in [7, 11) is 1.63. The van der Waals surface area contributed by atoms with E-state index in [4.69, 9.17) is 4.74 Å². The summed E-state index contributed by atoms with van der Waals surface area (Å²) in [6.45, 7) is 4.79. The molecule has 2 atom stereocenters. The molecule has 0 saturated carbocycles. The van der Waals surface area contributed by atoms with Crippen molar-refractivity contribution in [2.75, 3.05) is 13.6 Å². The van der Waals surface area contributed by atoms with Crippen molar-refractivity contribution < 1.29 is 14.3 Å². The molecule has 0 unspecified atom stereocenters. The molecule has 2 aliphatic rings.